The van der Waals surface area contributed by atoms with Crippen LogP contribution in [0.25, 0.3) is 10.8 Å². The maximum atomic E-state index is 12.9. The Labute approximate surface area is 198 Å². The molecule has 0 radical (unpaired) electrons. The number of carbonyl (C=O) groups is 2. The van der Waals surface area contributed by atoms with Gasteiger partial charge in [-0.3, -0.25) is 9.59 Å². The number of anilines is 1. The number of sulfonamides is 1. The van der Waals surface area contributed by atoms with Gasteiger partial charge in [-0.15, -0.1) is 0 Å². The average molecular weight is 507 g/mol. The predicted molar refractivity (Wildman–Crippen MR) is 122 cm³/mol. The summed E-state index contributed by atoms with van der Waals surface area (Å²) in [5.74, 6) is -1.62. The van der Waals surface area contributed by atoms with Crippen molar-refractivity contribution in [3.63, 3.8) is 0 Å². The van der Waals surface area contributed by atoms with Crippen molar-refractivity contribution in [3.8, 4) is 0 Å². The molecular weight excluding hydrogens is 488 g/mol. The van der Waals surface area contributed by atoms with Crippen molar-refractivity contribution in [3.05, 3.63) is 63.5 Å². The summed E-state index contributed by atoms with van der Waals surface area (Å²) in [6, 6.07) is 10.4. The number of esters is 1. The Hall–Kier alpha value is -3.32. The van der Waals surface area contributed by atoms with Gasteiger partial charge in [-0.25, -0.2) is 18.3 Å². The summed E-state index contributed by atoms with van der Waals surface area (Å²) in [6.07, 6.45) is 0. The number of rotatable bonds is 6. The van der Waals surface area contributed by atoms with Crippen LogP contribution in [-0.2, 0) is 24.3 Å². The van der Waals surface area contributed by atoms with Crippen LogP contribution in [0, 0.1) is 0 Å². The number of hydrogen-bond acceptors (Lipinski definition) is 8. The molecule has 0 spiro atoms. The Kier molecular flexibility index (Phi) is 6.93. The van der Waals surface area contributed by atoms with Crippen molar-refractivity contribution in [1.82, 2.24) is 14.5 Å². The first kappa shape index (κ1) is 23.8. The standard InChI is InChI=1S/C21H19ClN4O7S/c22-16-6-5-13(11-17(16)34(30,31)26-7-9-32-10-8-26)23-18(27)12-33-21(29)19-14-3-1-2-4-15(14)20(28)25-24-19/h1-6,11H,7-10,12H2,(H,23,27)(H,25,28). The van der Waals surface area contributed by atoms with Crippen molar-refractivity contribution in [2.45, 2.75) is 4.90 Å². The van der Waals surface area contributed by atoms with Crippen LogP contribution in [0.2, 0.25) is 5.02 Å². The van der Waals surface area contributed by atoms with E-state index in [4.69, 9.17) is 21.1 Å². The topological polar surface area (TPSA) is 148 Å². The lowest BCUT2D eigenvalue weighted by Crippen LogP contribution is -2.40. The molecule has 1 aliphatic rings. The number of fused-ring (bicyclic) bond motifs is 1. The quantitative estimate of drug-likeness (QED) is 0.476. The molecule has 2 aromatic carbocycles. The third kappa shape index (κ3) is 4.94. The molecule has 1 amide bonds. The molecule has 0 atom stereocenters. The van der Waals surface area contributed by atoms with E-state index in [2.05, 4.69) is 15.5 Å². The average Bonchev–Trinajstić information content (AvgIpc) is 2.84. The van der Waals surface area contributed by atoms with Gasteiger partial charge in [0.1, 0.15) is 4.90 Å². The Bertz CT molecular complexity index is 1420. The SMILES string of the molecule is O=C(COC(=O)c1n[nH]c(=O)c2ccccc12)Nc1ccc(Cl)c(S(=O)(=O)N2CCOCC2)c1. The largest absolute Gasteiger partial charge is 0.451 e. The number of halogens is 1. The van der Waals surface area contributed by atoms with Crippen LogP contribution in [0.4, 0.5) is 5.69 Å². The van der Waals surface area contributed by atoms with Gasteiger partial charge in [0, 0.05) is 24.2 Å². The number of aromatic nitrogens is 2. The van der Waals surface area contributed by atoms with Crippen LogP contribution in [-0.4, -0.2) is 67.7 Å². The lowest BCUT2D eigenvalue weighted by molar-refractivity contribution is -0.119. The van der Waals surface area contributed by atoms with E-state index in [1.165, 1.54) is 28.6 Å². The van der Waals surface area contributed by atoms with Crippen molar-refractivity contribution < 1.29 is 27.5 Å². The van der Waals surface area contributed by atoms with E-state index >= 15 is 0 Å². The molecule has 2 heterocycles. The van der Waals surface area contributed by atoms with E-state index in [9.17, 15) is 22.8 Å². The summed E-state index contributed by atoms with van der Waals surface area (Å²) >= 11 is 6.11. The summed E-state index contributed by atoms with van der Waals surface area (Å²) in [7, 11) is -3.89. The van der Waals surface area contributed by atoms with Gasteiger partial charge < -0.3 is 14.8 Å². The van der Waals surface area contributed by atoms with Crippen molar-refractivity contribution in [1.29, 1.82) is 0 Å². The number of amides is 1. The molecule has 11 nitrogen and oxygen atoms in total. The Morgan fingerprint density at radius 3 is 2.59 bits per heavy atom. The second kappa shape index (κ2) is 9.89. The van der Waals surface area contributed by atoms with E-state index in [1.807, 2.05) is 0 Å². The number of ether oxygens (including phenoxy) is 2. The predicted octanol–water partition coefficient (Wildman–Crippen LogP) is 1.39. The monoisotopic (exact) mass is 506 g/mol. The van der Waals surface area contributed by atoms with E-state index in [0.717, 1.165) is 0 Å². The molecule has 0 bridgehead atoms. The number of benzene rings is 2. The van der Waals surface area contributed by atoms with Crippen molar-refractivity contribution in [2.75, 3.05) is 38.2 Å². The first-order valence-electron chi connectivity index (χ1n) is 10.1. The summed E-state index contributed by atoms with van der Waals surface area (Å²) in [4.78, 5) is 36.5. The minimum absolute atomic E-state index is 0.00643. The van der Waals surface area contributed by atoms with Gasteiger partial charge in [-0.1, -0.05) is 29.8 Å². The molecule has 3 aromatic rings. The Morgan fingerprint density at radius 2 is 1.85 bits per heavy atom. The molecule has 0 unspecified atom stereocenters. The van der Waals surface area contributed by atoms with Gasteiger partial charge in [0.05, 0.1) is 23.6 Å². The minimum atomic E-state index is -3.89. The molecule has 4 rings (SSSR count). The third-order valence-electron chi connectivity index (χ3n) is 5.03. The highest BCUT2D eigenvalue weighted by Gasteiger charge is 2.28. The minimum Gasteiger partial charge on any atom is -0.451 e. The number of nitrogens with one attached hydrogen (secondary N) is 2. The lowest BCUT2D eigenvalue weighted by Gasteiger charge is -2.26. The van der Waals surface area contributed by atoms with Crippen LogP contribution in [0.1, 0.15) is 10.5 Å². The number of hydrogen-bond donors (Lipinski definition) is 2. The Balaban J connectivity index is 1.45. The first-order chi connectivity index (χ1) is 16.3. The zero-order chi connectivity index (χ0) is 24.3. The molecule has 34 heavy (non-hydrogen) atoms. The molecule has 1 saturated heterocycles. The summed E-state index contributed by atoms with van der Waals surface area (Å²) in [6.45, 7) is 0.273. The Morgan fingerprint density at radius 1 is 1.15 bits per heavy atom. The van der Waals surface area contributed by atoms with E-state index in [-0.39, 0.29) is 58.4 Å². The maximum Gasteiger partial charge on any atom is 0.359 e. The molecule has 13 heteroatoms. The third-order valence-corrected chi connectivity index (χ3v) is 7.41. The molecule has 1 aliphatic heterocycles. The lowest BCUT2D eigenvalue weighted by atomic mass is 10.1. The molecule has 0 saturated carbocycles. The number of H-pyrrole nitrogens is 1. The van der Waals surface area contributed by atoms with Crippen LogP contribution < -0.4 is 10.9 Å². The smallest absolute Gasteiger partial charge is 0.359 e. The molecule has 1 fully saturated rings. The molecule has 178 valence electrons. The highest BCUT2D eigenvalue weighted by Crippen LogP contribution is 2.28. The van der Waals surface area contributed by atoms with Crippen LogP contribution in [0.15, 0.2) is 52.2 Å². The fourth-order valence-corrected chi connectivity index (χ4v) is 5.28. The fourth-order valence-electron chi connectivity index (χ4n) is 3.37. The van der Waals surface area contributed by atoms with Crippen molar-refractivity contribution >= 4 is 50.0 Å². The number of morpholine rings is 1. The first-order valence-corrected chi connectivity index (χ1v) is 11.9. The number of nitrogens with zero attached hydrogens (tertiary/aromatic N) is 2. The second-order valence-corrected chi connectivity index (χ2v) is 9.55. The zero-order valence-corrected chi connectivity index (χ0v) is 19.2. The molecule has 0 aliphatic carbocycles. The van der Waals surface area contributed by atoms with Crippen molar-refractivity contribution in [2.24, 2.45) is 0 Å². The zero-order valence-electron chi connectivity index (χ0n) is 17.6. The van der Waals surface area contributed by atoms with Crippen LogP contribution in [0.5, 0.6) is 0 Å². The second-order valence-electron chi connectivity index (χ2n) is 7.23. The van der Waals surface area contributed by atoms with E-state index < -0.39 is 34.1 Å². The fraction of sp³-hybridized carbons (Fsp3) is 0.238. The summed E-state index contributed by atoms with van der Waals surface area (Å²) in [5.41, 5.74) is -0.450. The molecule has 2 N–H and O–H groups in total. The highest BCUT2D eigenvalue weighted by atomic mass is 35.5. The van der Waals surface area contributed by atoms with E-state index in [0.29, 0.717) is 0 Å². The van der Waals surface area contributed by atoms with Gasteiger partial charge >= 0.3 is 5.97 Å². The normalized spacial score (nSPS) is 14.6. The van der Waals surface area contributed by atoms with Gasteiger partial charge in [0.25, 0.3) is 11.5 Å². The summed E-state index contributed by atoms with van der Waals surface area (Å²) < 4.78 is 37.3. The van der Waals surface area contributed by atoms with Gasteiger partial charge in [-0.05, 0) is 24.3 Å². The van der Waals surface area contributed by atoms with E-state index in [1.54, 1.807) is 18.2 Å². The van der Waals surface area contributed by atoms with Crippen LogP contribution >= 0.6 is 11.6 Å². The van der Waals surface area contributed by atoms with Crippen LogP contribution in [0.3, 0.4) is 0 Å². The maximum absolute atomic E-state index is 12.9. The highest BCUT2D eigenvalue weighted by molar-refractivity contribution is 7.89. The van der Waals surface area contributed by atoms with Gasteiger partial charge in [0.15, 0.2) is 12.3 Å². The van der Waals surface area contributed by atoms with Gasteiger partial charge in [-0.2, -0.15) is 9.40 Å². The van der Waals surface area contributed by atoms with Gasteiger partial charge in [0.2, 0.25) is 10.0 Å². The molecular formula is C21H19ClN4O7S. The number of carbonyl (C=O) groups excluding carboxylic acids is 2. The summed E-state index contributed by atoms with van der Waals surface area (Å²) in [5, 5.41) is 8.96. The number of aromatic amines is 1. The molecule has 1 aromatic heterocycles.